The van der Waals surface area contributed by atoms with Crippen LogP contribution in [0.1, 0.15) is 29.7 Å². The van der Waals surface area contributed by atoms with Crippen molar-refractivity contribution in [2.24, 2.45) is 7.05 Å². The molecule has 2 aromatic heterocycles. The molecule has 5 rings (SSSR count). The number of amides is 2. The molecule has 11 heteroatoms. The smallest absolute Gasteiger partial charge is 0.338 e. The van der Waals surface area contributed by atoms with Crippen molar-refractivity contribution in [3.8, 4) is 11.1 Å². The molecule has 0 spiro atoms. The van der Waals surface area contributed by atoms with Gasteiger partial charge in [0.05, 0.1) is 36.7 Å². The number of hydrogen-bond acceptors (Lipinski definition) is 5. The average molecular weight is 608 g/mol. The molecule has 2 amide bonds. The number of benzene rings is 2. The lowest BCUT2D eigenvalue weighted by Gasteiger charge is -2.37. The van der Waals surface area contributed by atoms with Gasteiger partial charge in [-0.25, -0.2) is 18.4 Å². The van der Waals surface area contributed by atoms with Crippen LogP contribution in [0.3, 0.4) is 0 Å². The molecule has 1 unspecified atom stereocenters. The van der Waals surface area contributed by atoms with Crippen molar-refractivity contribution < 1.29 is 23.1 Å². The van der Waals surface area contributed by atoms with Gasteiger partial charge in [-0.15, -0.1) is 0 Å². The van der Waals surface area contributed by atoms with Crippen molar-refractivity contribution in [2.45, 2.75) is 19.5 Å². The summed E-state index contributed by atoms with van der Waals surface area (Å²) in [7, 11) is 1.81. The van der Waals surface area contributed by atoms with E-state index in [1.807, 2.05) is 31.4 Å². The highest BCUT2D eigenvalue weighted by molar-refractivity contribution is 9.10. The Morgan fingerprint density at radius 3 is 2.60 bits per heavy atom. The van der Waals surface area contributed by atoms with E-state index in [2.05, 4.69) is 31.3 Å². The van der Waals surface area contributed by atoms with Gasteiger partial charge in [0.2, 0.25) is 0 Å². The molecule has 8 nitrogen and oxygen atoms in total. The Morgan fingerprint density at radius 1 is 1.07 bits per heavy atom. The Balaban J connectivity index is 1.71. The quantitative estimate of drug-likeness (QED) is 0.270. The number of rotatable bonds is 7. The van der Waals surface area contributed by atoms with Crippen LogP contribution in [-0.4, -0.2) is 38.3 Å². The molecule has 40 heavy (non-hydrogen) atoms. The molecule has 1 atom stereocenters. The topological polar surface area (TPSA) is 89.3 Å². The normalized spacial score (nSPS) is 15.3. The zero-order valence-corrected chi connectivity index (χ0v) is 23.2. The highest BCUT2D eigenvalue weighted by Crippen LogP contribution is 2.39. The number of urea groups is 1. The van der Waals surface area contributed by atoms with E-state index in [0.717, 1.165) is 23.3 Å². The molecule has 0 radical (unpaired) electrons. The maximum atomic E-state index is 14.7. The molecule has 1 aliphatic rings. The van der Waals surface area contributed by atoms with Crippen molar-refractivity contribution in [3.63, 3.8) is 0 Å². The molecule has 1 N–H and O–H groups in total. The Labute approximate surface area is 237 Å². The van der Waals surface area contributed by atoms with Gasteiger partial charge in [0.25, 0.3) is 0 Å². The van der Waals surface area contributed by atoms with Crippen molar-refractivity contribution in [1.82, 2.24) is 25.0 Å². The summed E-state index contributed by atoms with van der Waals surface area (Å²) in [6.07, 6.45) is 6.65. The van der Waals surface area contributed by atoms with Gasteiger partial charge in [0.15, 0.2) is 0 Å². The lowest BCUT2D eigenvalue weighted by molar-refractivity contribution is -0.138. The first-order valence-corrected chi connectivity index (χ1v) is 13.2. The zero-order chi connectivity index (χ0) is 28.4. The van der Waals surface area contributed by atoms with E-state index in [-0.39, 0.29) is 30.0 Å². The highest BCUT2D eigenvalue weighted by atomic mass is 79.9. The summed E-state index contributed by atoms with van der Waals surface area (Å²) in [4.78, 5) is 32.8. The van der Waals surface area contributed by atoms with E-state index in [1.54, 1.807) is 36.1 Å². The second-order valence-corrected chi connectivity index (χ2v) is 10.0. The molecule has 204 valence electrons. The Kier molecular flexibility index (Phi) is 7.74. The summed E-state index contributed by atoms with van der Waals surface area (Å²) >= 11 is 3.41. The summed E-state index contributed by atoms with van der Waals surface area (Å²) in [5.41, 5.74) is 3.18. The second-order valence-electron chi connectivity index (χ2n) is 9.11. The van der Waals surface area contributed by atoms with Gasteiger partial charge in [-0.3, -0.25) is 14.6 Å². The van der Waals surface area contributed by atoms with E-state index in [1.165, 1.54) is 17.2 Å². The Morgan fingerprint density at radius 2 is 1.90 bits per heavy atom. The number of ether oxygens (including phenoxy) is 1. The highest BCUT2D eigenvalue weighted by Gasteiger charge is 2.39. The van der Waals surface area contributed by atoms with Gasteiger partial charge in [0.1, 0.15) is 11.6 Å². The van der Waals surface area contributed by atoms with Crippen LogP contribution in [-0.2, 0) is 23.1 Å². The van der Waals surface area contributed by atoms with E-state index in [9.17, 15) is 18.4 Å². The number of esters is 1. The fourth-order valence-corrected chi connectivity index (χ4v) is 4.99. The van der Waals surface area contributed by atoms with E-state index in [0.29, 0.717) is 15.6 Å². The summed E-state index contributed by atoms with van der Waals surface area (Å²) in [6.45, 7) is 1.50. The monoisotopic (exact) mass is 607 g/mol. The summed E-state index contributed by atoms with van der Waals surface area (Å²) in [5.74, 6) is -2.21. The van der Waals surface area contributed by atoms with Gasteiger partial charge in [0, 0.05) is 52.9 Å². The molecular formula is C29H24BrF2N5O3. The predicted molar refractivity (Wildman–Crippen MR) is 147 cm³/mol. The number of nitrogens with one attached hydrogen (secondary N) is 1. The minimum Gasteiger partial charge on any atom is -0.463 e. The first-order valence-electron chi connectivity index (χ1n) is 12.4. The minimum atomic E-state index is -0.897. The maximum absolute atomic E-state index is 14.7. The second kappa shape index (κ2) is 11.4. The summed E-state index contributed by atoms with van der Waals surface area (Å²) < 4.78 is 36.1. The lowest BCUT2D eigenvalue weighted by Crippen LogP contribution is -2.47. The van der Waals surface area contributed by atoms with Crippen LogP contribution in [0.2, 0.25) is 0 Å². The van der Waals surface area contributed by atoms with Crippen molar-refractivity contribution in [1.29, 1.82) is 0 Å². The van der Waals surface area contributed by atoms with Crippen LogP contribution >= 0.6 is 15.9 Å². The van der Waals surface area contributed by atoms with Crippen LogP contribution in [0.25, 0.3) is 16.8 Å². The minimum absolute atomic E-state index is 0.0669. The van der Waals surface area contributed by atoms with Crippen molar-refractivity contribution >= 4 is 33.6 Å². The van der Waals surface area contributed by atoms with Gasteiger partial charge in [-0.05, 0) is 52.2 Å². The van der Waals surface area contributed by atoms with E-state index >= 15 is 0 Å². The fourth-order valence-electron chi connectivity index (χ4n) is 4.62. The predicted octanol–water partition coefficient (Wildman–Crippen LogP) is 5.76. The van der Waals surface area contributed by atoms with Crippen LogP contribution in [0, 0.1) is 11.6 Å². The largest absolute Gasteiger partial charge is 0.463 e. The summed E-state index contributed by atoms with van der Waals surface area (Å²) in [5, 5.41) is 7.13. The molecule has 0 aliphatic carbocycles. The summed E-state index contributed by atoms with van der Waals surface area (Å²) in [6, 6.07) is 10.8. The molecule has 0 bridgehead atoms. The standard InChI is InChI=1S/C29H24BrF2N5O3/c1-3-40-28(38)25-26(18-6-4-5-17(9-18)21-13-34-36(2)15-21)35-29(39)37(16-19-7-8-23(31)11-24(19)32)27(25)20-10-22(30)14-33-12-20/h4-15,26H,3,16H2,1-2H3,(H,35,39). The fraction of sp³-hybridized carbons (Fsp3) is 0.172. The molecule has 1 aliphatic heterocycles. The number of halogens is 3. The number of pyridine rings is 1. The third-order valence-electron chi connectivity index (χ3n) is 6.40. The first kappa shape index (κ1) is 27.2. The van der Waals surface area contributed by atoms with Gasteiger partial charge in [-0.2, -0.15) is 5.10 Å². The van der Waals surface area contributed by atoms with Gasteiger partial charge in [-0.1, -0.05) is 24.3 Å². The van der Waals surface area contributed by atoms with Gasteiger partial charge >= 0.3 is 12.0 Å². The molecule has 0 fully saturated rings. The maximum Gasteiger partial charge on any atom is 0.338 e. The SMILES string of the molecule is CCOC(=O)C1=C(c2cncc(Br)c2)N(Cc2ccc(F)cc2F)C(=O)NC1c1cccc(-c2cnn(C)c2)c1. The molecule has 0 saturated carbocycles. The van der Waals surface area contributed by atoms with Crippen LogP contribution < -0.4 is 5.32 Å². The van der Waals surface area contributed by atoms with Crippen LogP contribution in [0.5, 0.6) is 0 Å². The first-order chi connectivity index (χ1) is 19.2. The molecule has 3 heterocycles. The third-order valence-corrected chi connectivity index (χ3v) is 6.84. The number of carbonyl (C=O) groups is 2. The average Bonchev–Trinajstić information content (AvgIpc) is 3.37. The number of nitrogens with zero attached hydrogens (tertiary/aromatic N) is 4. The van der Waals surface area contributed by atoms with E-state index in [4.69, 9.17) is 4.74 Å². The molecule has 0 saturated heterocycles. The number of hydrogen-bond donors (Lipinski definition) is 1. The lowest BCUT2D eigenvalue weighted by atomic mass is 9.90. The van der Waals surface area contributed by atoms with Crippen LogP contribution in [0.15, 0.2) is 83.4 Å². The van der Waals surface area contributed by atoms with Crippen LogP contribution in [0.4, 0.5) is 13.6 Å². The van der Waals surface area contributed by atoms with Gasteiger partial charge < -0.3 is 10.1 Å². The Bertz CT molecular complexity index is 1640. The van der Waals surface area contributed by atoms with Crippen molar-refractivity contribution in [3.05, 3.63) is 112 Å². The van der Waals surface area contributed by atoms with Crippen molar-refractivity contribution in [2.75, 3.05) is 6.61 Å². The molecular weight excluding hydrogens is 584 g/mol. The van der Waals surface area contributed by atoms with E-state index < -0.39 is 29.7 Å². The zero-order valence-electron chi connectivity index (χ0n) is 21.6. The number of carbonyl (C=O) groups excluding carboxylic acids is 2. The number of aryl methyl sites for hydroxylation is 1. The number of aromatic nitrogens is 3. The Hall–Kier alpha value is -4.38. The molecule has 4 aromatic rings. The molecule has 2 aromatic carbocycles. The third kappa shape index (κ3) is 5.50.